The van der Waals surface area contributed by atoms with Gasteiger partial charge in [-0.1, -0.05) is 87.4 Å². The third-order valence-corrected chi connectivity index (χ3v) is 15.1. The maximum atomic E-state index is 15.2. The fourth-order valence-electron chi connectivity index (χ4n) is 11.5. The van der Waals surface area contributed by atoms with Crippen LogP contribution in [0.3, 0.4) is 0 Å². The molecule has 1 heterocycles. The summed E-state index contributed by atoms with van der Waals surface area (Å²) in [6.07, 6.45) is -3.12. The SMILES string of the molecule is CC(=O)O[C@@]12CO[C@@H]1C[C@H](O)[C@@]1(C)C(=O)[C@H](O)C3=C(C)[C@@H](OC(=O)[C@H](OC(=O)CC4/C=C/CCCCC4)[C@@H](NC(=O)OC(C)(C)C)c4ccccc4)C[C@@](O)([C@@H](OC(=O)c4ccccc4)[C@H]21)C3(C)C. The van der Waals surface area contributed by atoms with Gasteiger partial charge in [0.1, 0.15) is 41.7 Å². The van der Waals surface area contributed by atoms with Crippen LogP contribution in [0.25, 0.3) is 0 Å². The molecule has 374 valence electrons. The molecule has 2 bridgehead atoms. The summed E-state index contributed by atoms with van der Waals surface area (Å²) in [5, 5.41) is 41.0. The first-order valence-corrected chi connectivity index (χ1v) is 24.0. The largest absolute Gasteiger partial charge is 0.455 e. The summed E-state index contributed by atoms with van der Waals surface area (Å²) in [5.41, 5.74) is -8.35. The molecule has 4 N–H and O–H groups in total. The van der Waals surface area contributed by atoms with Gasteiger partial charge < -0.3 is 49.1 Å². The number of rotatable bonds is 11. The Bertz CT molecular complexity index is 2340. The number of nitrogens with one attached hydrogen (secondary N) is 1. The topological polar surface area (TPSA) is 231 Å². The maximum Gasteiger partial charge on any atom is 0.408 e. The fourth-order valence-corrected chi connectivity index (χ4v) is 11.5. The predicted molar refractivity (Wildman–Crippen MR) is 248 cm³/mol. The molecule has 2 aromatic carbocycles. The number of ether oxygens (including phenoxy) is 6. The van der Waals surface area contributed by atoms with Crippen molar-refractivity contribution in [2.24, 2.45) is 22.7 Å². The van der Waals surface area contributed by atoms with Crippen molar-refractivity contribution < 1.29 is 72.5 Å². The molecule has 1 unspecified atom stereocenters. The number of hydrogen-bond acceptors (Lipinski definition) is 15. The minimum atomic E-state index is -2.40. The highest BCUT2D eigenvalue weighted by atomic mass is 16.6. The van der Waals surface area contributed by atoms with Crippen LogP contribution < -0.4 is 5.32 Å². The number of alkyl carbamates (subject to hydrolysis) is 1. The highest BCUT2D eigenvalue weighted by Gasteiger charge is 2.78. The Hall–Kier alpha value is -5.42. The van der Waals surface area contributed by atoms with Crippen LogP contribution in [-0.4, -0.2) is 111 Å². The number of carbonyl (C=O) groups excluding carboxylic acids is 6. The molecule has 0 aromatic heterocycles. The number of carbonyl (C=O) groups is 6. The van der Waals surface area contributed by atoms with Gasteiger partial charge in [0.25, 0.3) is 0 Å². The van der Waals surface area contributed by atoms with Crippen LogP contribution in [-0.2, 0) is 47.6 Å². The van der Waals surface area contributed by atoms with Crippen molar-refractivity contribution in [1.29, 1.82) is 0 Å². The Morgan fingerprint density at radius 1 is 0.928 bits per heavy atom. The zero-order valence-electron chi connectivity index (χ0n) is 40.7. The minimum Gasteiger partial charge on any atom is -0.455 e. The van der Waals surface area contributed by atoms with Crippen molar-refractivity contribution in [3.05, 3.63) is 95.1 Å². The van der Waals surface area contributed by atoms with Crippen molar-refractivity contribution >= 4 is 35.8 Å². The van der Waals surface area contributed by atoms with Gasteiger partial charge in [-0.25, -0.2) is 14.4 Å². The number of esters is 4. The Morgan fingerprint density at radius 3 is 2.22 bits per heavy atom. The van der Waals surface area contributed by atoms with E-state index in [4.69, 9.17) is 28.4 Å². The van der Waals surface area contributed by atoms with Gasteiger partial charge in [-0.05, 0) is 88.6 Å². The van der Waals surface area contributed by atoms with Crippen LogP contribution in [0.4, 0.5) is 4.79 Å². The van der Waals surface area contributed by atoms with Crippen LogP contribution in [0.15, 0.2) is 84.0 Å². The summed E-state index contributed by atoms with van der Waals surface area (Å²) >= 11 is 0. The maximum absolute atomic E-state index is 15.2. The Balaban J connectivity index is 1.36. The summed E-state index contributed by atoms with van der Waals surface area (Å²) in [6, 6.07) is 14.8. The number of amides is 1. The number of fused-ring (bicyclic) bond motifs is 5. The average molecular weight is 958 g/mol. The normalized spacial score (nSPS) is 33.1. The number of Topliss-reactive ketones (excluding diaryl/α,β-unsaturated/α-hetero) is 1. The van der Waals surface area contributed by atoms with Crippen LogP contribution in [0, 0.1) is 22.7 Å². The standard InChI is InChI=1S/C53H67NO15/c1-30-35(65-47(61)42(66-38(57)26-32-20-14-10-9-11-15-21-32)40(33-22-16-12-17-23-33)54-48(62)69-49(3,4)5)28-53(63)45(67-46(60)34-24-18-13-19-25-34)43-51(8,44(59)41(58)39(30)50(53,6)7)36(56)27-37-52(43,29-64-37)68-31(2)55/h12-14,16-20,22-25,32,35-37,40-43,45,56,58,63H,9-11,15,21,26-29H2,1-8H3,(H,54,62)/b20-14+/t32?,35-,36-,37+,40-,41+,42+,43-,45-,51+,52-,53+/m0/s1. The van der Waals surface area contributed by atoms with E-state index >= 15 is 9.59 Å². The van der Waals surface area contributed by atoms with Gasteiger partial charge in [0.05, 0.1) is 36.0 Å². The van der Waals surface area contributed by atoms with E-state index in [0.29, 0.717) is 12.0 Å². The van der Waals surface area contributed by atoms with Gasteiger partial charge in [-0.15, -0.1) is 0 Å². The first kappa shape index (κ1) is 51.4. The molecule has 5 aliphatic rings. The lowest BCUT2D eigenvalue weighted by molar-refractivity contribution is -0.346. The Labute approximate surface area is 403 Å². The first-order valence-electron chi connectivity index (χ1n) is 24.0. The van der Waals surface area contributed by atoms with Gasteiger partial charge >= 0.3 is 30.0 Å². The summed E-state index contributed by atoms with van der Waals surface area (Å²) in [5.74, 6) is -6.28. The Kier molecular flexibility index (Phi) is 14.7. The lowest BCUT2D eigenvalue weighted by Gasteiger charge is -2.67. The van der Waals surface area contributed by atoms with E-state index in [0.717, 1.165) is 32.6 Å². The van der Waals surface area contributed by atoms with Crippen molar-refractivity contribution in [1.82, 2.24) is 5.32 Å². The molecule has 7 rings (SSSR count). The summed E-state index contributed by atoms with van der Waals surface area (Å²) in [4.78, 5) is 85.5. The van der Waals surface area contributed by atoms with E-state index in [1.54, 1.807) is 83.1 Å². The van der Waals surface area contributed by atoms with Crippen molar-refractivity contribution in [2.45, 2.75) is 166 Å². The molecule has 16 heteroatoms. The summed E-state index contributed by atoms with van der Waals surface area (Å²) in [7, 11) is 0. The van der Waals surface area contributed by atoms with Gasteiger partial charge in [-0.3, -0.25) is 14.4 Å². The van der Waals surface area contributed by atoms with Crippen molar-refractivity contribution in [2.75, 3.05) is 6.61 Å². The molecule has 0 radical (unpaired) electrons. The molecule has 12 atom stereocenters. The second-order valence-corrected chi connectivity index (χ2v) is 21.1. The zero-order chi connectivity index (χ0) is 50.3. The molecule has 1 aliphatic heterocycles. The first-order chi connectivity index (χ1) is 32.4. The molecule has 1 saturated heterocycles. The van der Waals surface area contributed by atoms with E-state index in [1.165, 1.54) is 26.0 Å². The number of hydrogen-bond donors (Lipinski definition) is 4. The lowest BCUT2D eigenvalue weighted by Crippen LogP contribution is -2.81. The van der Waals surface area contributed by atoms with Crippen molar-refractivity contribution in [3.8, 4) is 0 Å². The van der Waals surface area contributed by atoms with Crippen molar-refractivity contribution in [3.63, 3.8) is 0 Å². The molecule has 2 saturated carbocycles. The second kappa shape index (κ2) is 19.8. The molecule has 0 spiro atoms. The van der Waals surface area contributed by atoms with E-state index in [1.807, 2.05) is 12.2 Å². The lowest BCUT2D eigenvalue weighted by atomic mass is 9.44. The quantitative estimate of drug-likeness (QED) is 0.109. The molecule has 69 heavy (non-hydrogen) atoms. The number of aliphatic hydroxyl groups is 3. The van der Waals surface area contributed by atoms with Gasteiger partial charge in [-0.2, -0.15) is 0 Å². The smallest absolute Gasteiger partial charge is 0.408 e. The number of aliphatic hydroxyl groups excluding tert-OH is 2. The second-order valence-electron chi connectivity index (χ2n) is 21.1. The number of allylic oxidation sites excluding steroid dienone is 2. The average Bonchev–Trinajstić information content (AvgIpc) is 3.26. The molecule has 1 amide bonds. The monoisotopic (exact) mass is 957 g/mol. The third-order valence-electron chi connectivity index (χ3n) is 15.1. The fraction of sp³-hybridized carbons (Fsp3) is 0.585. The third kappa shape index (κ3) is 9.87. The van der Waals surface area contributed by atoms with Gasteiger partial charge in [0.2, 0.25) is 6.10 Å². The highest BCUT2D eigenvalue weighted by Crippen LogP contribution is 2.64. The van der Waals surface area contributed by atoms with E-state index < -0.39 is 118 Å². The number of ketones is 1. The molecular formula is C53H67NO15. The molecule has 2 aromatic rings. The van der Waals surface area contributed by atoms with Crippen LogP contribution in [0.1, 0.15) is 129 Å². The predicted octanol–water partition coefficient (Wildman–Crippen LogP) is 6.34. The summed E-state index contributed by atoms with van der Waals surface area (Å²) < 4.78 is 36.5. The molecule has 3 fully saturated rings. The van der Waals surface area contributed by atoms with E-state index in [-0.39, 0.29) is 42.1 Å². The van der Waals surface area contributed by atoms with Crippen LogP contribution >= 0.6 is 0 Å². The minimum absolute atomic E-state index is 0.0723. The highest BCUT2D eigenvalue weighted by molar-refractivity contribution is 5.94. The van der Waals surface area contributed by atoms with E-state index in [9.17, 15) is 34.5 Å². The number of benzene rings is 2. The molecular weight excluding hydrogens is 891 g/mol. The zero-order valence-corrected chi connectivity index (χ0v) is 40.7. The summed E-state index contributed by atoms with van der Waals surface area (Å²) in [6.45, 7) is 11.9. The van der Waals surface area contributed by atoms with Gasteiger partial charge in [0, 0.05) is 25.2 Å². The molecule has 4 aliphatic carbocycles. The van der Waals surface area contributed by atoms with E-state index in [2.05, 4.69) is 5.32 Å². The Morgan fingerprint density at radius 2 is 1.59 bits per heavy atom. The van der Waals surface area contributed by atoms with Crippen LogP contribution in [0.2, 0.25) is 0 Å². The van der Waals surface area contributed by atoms with Gasteiger partial charge in [0.15, 0.2) is 11.4 Å². The van der Waals surface area contributed by atoms with Crippen LogP contribution in [0.5, 0.6) is 0 Å². The molecule has 16 nitrogen and oxygen atoms in total.